The minimum atomic E-state index is 0.353. The van der Waals surface area contributed by atoms with Gasteiger partial charge in [-0.2, -0.15) is 15.0 Å². The van der Waals surface area contributed by atoms with Gasteiger partial charge in [-0.05, 0) is 39.9 Å². The largest absolute Gasteiger partial charge is 0.467 e. The molecule has 0 unspecified atom stereocenters. The summed E-state index contributed by atoms with van der Waals surface area (Å²) in [6, 6.07) is 0.818. The second-order valence-corrected chi connectivity index (χ2v) is 5.12. The highest BCUT2D eigenvalue weighted by Gasteiger charge is 2.23. The van der Waals surface area contributed by atoms with Crippen molar-refractivity contribution in [1.29, 1.82) is 0 Å². The summed E-state index contributed by atoms with van der Waals surface area (Å²) in [5, 5.41) is 3.11. The number of methoxy groups -OCH3 is 1. The predicted octanol–water partition coefficient (Wildman–Crippen LogP) is 0.842. The Labute approximate surface area is 120 Å². The number of nitrogens with one attached hydrogen (secondary N) is 1. The summed E-state index contributed by atoms with van der Waals surface area (Å²) in [6.07, 6.45) is 2.25. The number of likely N-dealkylation sites (tertiary alicyclic amines) is 1. The standard InChI is InChI=1S/C13H24N6O/c1-5-14-11-15-12(17-13(16-11)20-4)19(3)10-6-8-18(2)9-7-10/h10H,5-9H2,1-4H3,(H,14,15,16,17). The maximum Gasteiger partial charge on any atom is 0.322 e. The molecule has 0 amide bonds. The van der Waals surface area contributed by atoms with Crippen LogP contribution in [0, 0.1) is 0 Å². The second kappa shape index (κ2) is 6.69. The van der Waals surface area contributed by atoms with Gasteiger partial charge in [0.1, 0.15) is 0 Å². The highest BCUT2D eigenvalue weighted by atomic mass is 16.5. The first-order valence-corrected chi connectivity index (χ1v) is 7.09. The van der Waals surface area contributed by atoms with Crippen LogP contribution in [0.4, 0.5) is 11.9 Å². The summed E-state index contributed by atoms with van der Waals surface area (Å²) in [4.78, 5) is 17.5. The first kappa shape index (κ1) is 14.8. The summed E-state index contributed by atoms with van der Waals surface area (Å²) >= 11 is 0. The number of hydrogen-bond donors (Lipinski definition) is 1. The van der Waals surface area contributed by atoms with Gasteiger partial charge in [0.2, 0.25) is 11.9 Å². The molecular weight excluding hydrogens is 256 g/mol. The molecule has 7 nitrogen and oxygen atoms in total. The number of rotatable bonds is 5. The Morgan fingerprint density at radius 3 is 2.60 bits per heavy atom. The van der Waals surface area contributed by atoms with Crippen molar-refractivity contribution in [3.8, 4) is 6.01 Å². The SMILES string of the molecule is CCNc1nc(OC)nc(N(C)C2CCN(C)CC2)n1. The molecule has 0 bridgehead atoms. The van der Waals surface area contributed by atoms with Gasteiger partial charge in [0, 0.05) is 19.6 Å². The van der Waals surface area contributed by atoms with Crippen molar-refractivity contribution in [2.45, 2.75) is 25.8 Å². The summed E-state index contributed by atoms with van der Waals surface area (Å²) in [6.45, 7) is 5.00. The summed E-state index contributed by atoms with van der Waals surface area (Å²) in [7, 11) is 5.77. The molecule has 1 aromatic rings. The van der Waals surface area contributed by atoms with E-state index >= 15 is 0 Å². The summed E-state index contributed by atoms with van der Waals surface area (Å²) in [5.74, 6) is 1.23. The van der Waals surface area contributed by atoms with E-state index in [9.17, 15) is 0 Å². The zero-order valence-corrected chi connectivity index (χ0v) is 12.8. The third kappa shape index (κ3) is 3.47. The predicted molar refractivity (Wildman–Crippen MR) is 79.5 cm³/mol. The first-order valence-electron chi connectivity index (χ1n) is 7.09. The topological polar surface area (TPSA) is 66.4 Å². The Morgan fingerprint density at radius 2 is 2.00 bits per heavy atom. The van der Waals surface area contributed by atoms with Crippen molar-refractivity contribution in [3.63, 3.8) is 0 Å². The van der Waals surface area contributed by atoms with E-state index in [4.69, 9.17) is 4.74 Å². The Balaban J connectivity index is 2.15. The number of ether oxygens (including phenoxy) is 1. The maximum absolute atomic E-state index is 5.16. The van der Waals surface area contributed by atoms with Crippen LogP contribution in [-0.4, -0.2) is 66.7 Å². The lowest BCUT2D eigenvalue weighted by atomic mass is 10.0. The first-order chi connectivity index (χ1) is 9.63. The van der Waals surface area contributed by atoms with Crippen LogP contribution in [0.25, 0.3) is 0 Å². The van der Waals surface area contributed by atoms with E-state index < -0.39 is 0 Å². The second-order valence-electron chi connectivity index (χ2n) is 5.12. The van der Waals surface area contributed by atoms with Crippen LogP contribution < -0.4 is 15.0 Å². The van der Waals surface area contributed by atoms with E-state index in [2.05, 4.69) is 37.1 Å². The van der Waals surface area contributed by atoms with Crippen LogP contribution in [0.2, 0.25) is 0 Å². The molecule has 1 fully saturated rings. The van der Waals surface area contributed by atoms with Gasteiger partial charge in [-0.15, -0.1) is 0 Å². The van der Waals surface area contributed by atoms with E-state index in [1.54, 1.807) is 7.11 Å². The third-order valence-corrected chi connectivity index (χ3v) is 3.67. The maximum atomic E-state index is 5.16. The summed E-state index contributed by atoms with van der Waals surface area (Å²) in [5.41, 5.74) is 0. The highest BCUT2D eigenvalue weighted by Crippen LogP contribution is 2.21. The lowest BCUT2D eigenvalue weighted by Crippen LogP contribution is -2.42. The van der Waals surface area contributed by atoms with Gasteiger partial charge in [0.05, 0.1) is 7.11 Å². The number of hydrogen-bond acceptors (Lipinski definition) is 7. The van der Waals surface area contributed by atoms with E-state index in [1.165, 1.54) is 0 Å². The minimum absolute atomic E-state index is 0.353. The fourth-order valence-corrected chi connectivity index (χ4v) is 2.38. The molecule has 0 saturated carbocycles. The van der Waals surface area contributed by atoms with Crippen LogP contribution in [0.5, 0.6) is 6.01 Å². The van der Waals surface area contributed by atoms with Gasteiger partial charge >= 0.3 is 6.01 Å². The minimum Gasteiger partial charge on any atom is -0.467 e. The lowest BCUT2D eigenvalue weighted by Gasteiger charge is -2.35. The molecule has 7 heteroatoms. The van der Waals surface area contributed by atoms with Gasteiger partial charge in [-0.3, -0.25) is 0 Å². The normalized spacial score (nSPS) is 17.0. The van der Waals surface area contributed by atoms with Gasteiger partial charge in [-0.1, -0.05) is 0 Å². The molecule has 2 rings (SSSR count). The average Bonchev–Trinajstić information content (AvgIpc) is 2.47. The molecule has 112 valence electrons. The number of anilines is 2. The molecular formula is C13H24N6O. The molecule has 0 spiro atoms. The molecule has 2 heterocycles. The Morgan fingerprint density at radius 1 is 1.30 bits per heavy atom. The molecule has 20 heavy (non-hydrogen) atoms. The third-order valence-electron chi connectivity index (χ3n) is 3.67. The zero-order chi connectivity index (χ0) is 14.5. The fraction of sp³-hybridized carbons (Fsp3) is 0.769. The molecule has 1 aliphatic heterocycles. The number of piperidine rings is 1. The van der Waals surface area contributed by atoms with E-state index in [-0.39, 0.29) is 0 Å². The van der Waals surface area contributed by atoms with Crippen molar-refractivity contribution in [3.05, 3.63) is 0 Å². The molecule has 1 saturated heterocycles. The quantitative estimate of drug-likeness (QED) is 0.857. The average molecular weight is 280 g/mol. The zero-order valence-electron chi connectivity index (χ0n) is 12.8. The van der Waals surface area contributed by atoms with Crippen LogP contribution in [0.15, 0.2) is 0 Å². The van der Waals surface area contributed by atoms with Crippen LogP contribution in [0.1, 0.15) is 19.8 Å². The smallest absolute Gasteiger partial charge is 0.322 e. The molecule has 0 aliphatic carbocycles. The highest BCUT2D eigenvalue weighted by molar-refractivity contribution is 5.38. The van der Waals surface area contributed by atoms with Crippen LogP contribution >= 0.6 is 0 Å². The fourth-order valence-electron chi connectivity index (χ4n) is 2.38. The molecule has 1 aromatic heterocycles. The van der Waals surface area contributed by atoms with Crippen molar-refractivity contribution in [2.24, 2.45) is 0 Å². The van der Waals surface area contributed by atoms with E-state index in [0.29, 0.717) is 23.9 Å². The molecule has 1 aliphatic rings. The van der Waals surface area contributed by atoms with Gasteiger partial charge in [0.25, 0.3) is 0 Å². The van der Waals surface area contributed by atoms with Crippen molar-refractivity contribution in [1.82, 2.24) is 19.9 Å². The Kier molecular flexibility index (Phi) is 4.94. The molecule has 1 N–H and O–H groups in total. The monoisotopic (exact) mass is 280 g/mol. The van der Waals surface area contributed by atoms with E-state index in [1.807, 2.05) is 14.0 Å². The molecule has 0 aromatic carbocycles. The lowest BCUT2D eigenvalue weighted by molar-refractivity contribution is 0.251. The van der Waals surface area contributed by atoms with Gasteiger partial charge in [0.15, 0.2) is 0 Å². The molecule has 0 atom stereocenters. The number of nitrogens with zero attached hydrogens (tertiary/aromatic N) is 5. The van der Waals surface area contributed by atoms with Crippen molar-refractivity contribution < 1.29 is 4.74 Å². The number of aromatic nitrogens is 3. The van der Waals surface area contributed by atoms with Gasteiger partial charge in [-0.25, -0.2) is 0 Å². The Bertz CT molecular complexity index is 433. The Hall–Kier alpha value is -1.63. The van der Waals surface area contributed by atoms with Crippen LogP contribution in [0.3, 0.4) is 0 Å². The van der Waals surface area contributed by atoms with Crippen molar-refractivity contribution in [2.75, 3.05) is 51.1 Å². The van der Waals surface area contributed by atoms with E-state index in [0.717, 1.165) is 32.5 Å². The van der Waals surface area contributed by atoms with Crippen LogP contribution in [-0.2, 0) is 0 Å². The molecule has 0 radical (unpaired) electrons. The summed E-state index contributed by atoms with van der Waals surface area (Å²) < 4.78 is 5.16. The van der Waals surface area contributed by atoms with Gasteiger partial charge < -0.3 is 19.9 Å². The van der Waals surface area contributed by atoms with Crippen molar-refractivity contribution >= 4 is 11.9 Å².